The van der Waals surface area contributed by atoms with Gasteiger partial charge in [-0.1, -0.05) is 24.3 Å². The fourth-order valence-electron chi connectivity index (χ4n) is 3.13. The molecule has 0 bridgehead atoms. The van der Waals surface area contributed by atoms with Crippen LogP contribution in [0.2, 0.25) is 0 Å². The Morgan fingerprint density at radius 3 is 1.96 bits per heavy atom. The van der Waals surface area contributed by atoms with E-state index in [1.807, 2.05) is 29.2 Å². The average molecular weight is 382 g/mol. The number of ether oxygens (including phenoxy) is 1. The van der Waals surface area contributed by atoms with E-state index in [-0.39, 0.29) is 4.90 Å². The third kappa shape index (κ3) is 3.46. The molecule has 2 aromatic carbocycles. The van der Waals surface area contributed by atoms with Crippen molar-refractivity contribution in [3.05, 3.63) is 48.5 Å². The van der Waals surface area contributed by atoms with Gasteiger partial charge in [-0.15, -0.1) is 0 Å². The van der Waals surface area contributed by atoms with Crippen LogP contribution >= 0.6 is 0 Å². The maximum Gasteiger partial charge on any atom is 0.341 e. The van der Waals surface area contributed by atoms with Gasteiger partial charge in [0.05, 0.1) is 23.4 Å². The highest BCUT2D eigenvalue weighted by molar-refractivity contribution is 7.91. The number of nitrogens with zero attached hydrogens (tertiary/aromatic N) is 2. The zero-order valence-electron chi connectivity index (χ0n) is 14.3. The summed E-state index contributed by atoms with van der Waals surface area (Å²) in [6.45, 7) is 2.30. The third-order valence-electron chi connectivity index (χ3n) is 4.45. The predicted molar refractivity (Wildman–Crippen MR) is 97.1 cm³/mol. The minimum Gasteiger partial charge on any atom is -0.495 e. The summed E-state index contributed by atoms with van der Waals surface area (Å²) < 4.78 is 55.3. The van der Waals surface area contributed by atoms with Crippen molar-refractivity contribution in [1.82, 2.24) is 0 Å². The van der Waals surface area contributed by atoms with Crippen molar-refractivity contribution in [3.8, 4) is 5.75 Å². The second kappa shape index (κ2) is 7.49. The first-order valence-corrected chi connectivity index (χ1v) is 9.74. The maximum absolute atomic E-state index is 13.0. The molecule has 0 radical (unpaired) electrons. The fourth-order valence-corrected chi connectivity index (χ4v) is 4.08. The average Bonchev–Trinajstić information content (AvgIpc) is 2.68. The first-order chi connectivity index (χ1) is 12.4. The van der Waals surface area contributed by atoms with Crippen LogP contribution in [-0.4, -0.2) is 47.5 Å². The lowest BCUT2D eigenvalue weighted by atomic mass is 10.2. The Kier molecular flexibility index (Phi) is 5.31. The molecule has 26 heavy (non-hydrogen) atoms. The molecule has 0 atom stereocenters. The molecule has 0 spiro atoms. The molecule has 0 saturated carbocycles. The number of piperazine rings is 1. The van der Waals surface area contributed by atoms with Gasteiger partial charge in [0.25, 0.3) is 0 Å². The number of rotatable bonds is 5. The van der Waals surface area contributed by atoms with Gasteiger partial charge in [0.15, 0.2) is 0 Å². The Bertz CT molecular complexity index is 866. The van der Waals surface area contributed by atoms with E-state index in [2.05, 4.69) is 4.90 Å². The van der Waals surface area contributed by atoms with Gasteiger partial charge < -0.3 is 14.5 Å². The topological polar surface area (TPSA) is 49.9 Å². The van der Waals surface area contributed by atoms with Crippen LogP contribution in [-0.2, 0) is 9.84 Å². The summed E-state index contributed by atoms with van der Waals surface area (Å²) in [6, 6.07) is 13.6. The quantitative estimate of drug-likeness (QED) is 0.796. The summed E-state index contributed by atoms with van der Waals surface area (Å²) in [5, 5.41) is 0. The number of hydrogen-bond donors (Lipinski definition) is 0. The van der Waals surface area contributed by atoms with Crippen LogP contribution in [0, 0.1) is 0 Å². The van der Waals surface area contributed by atoms with Crippen LogP contribution in [0.1, 0.15) is 0 Å². The number of hydrogen-bond acceptors (Lipinski definition) is 5. The minimum absolute atomic E-state index is 0.319. The van der Waals surface area contributed by atoms with Crippen molar-refractivity contribution < 1.29 is 21.9 Å². The van der Waals surface area contributed by atoms with Gasteiger partial charge in [0.1, 0.15) is 5.75 Å². The van der Waals surface area contributed by atoms with E-state index in [1.165, 1.54) is 12.1 Å². The number of halogens is 2. The summed E-state index contributed by atoms with van der Waals surface area (Å²) >= 11 is 0. The zero-order chi connectivity index (χ0) is 18.7. The van der Waals surface area contributed by atoms with E-state index in [0.29, 0.717) is 31.9 Å². The summed E-state index contributed by atoms with van der Waals surface area (Å²) in [7, 11) is -3.03. The van der Waals surface area contributed by atoms with Crippen LogP contribution < -0.4 is 14.5 Å². The van der Waals surface area contributed by atoms with Crippen LogP contribution in [0.25, 0.3) is 0 Å². The number of alkyl halides is 2. The number of para-hydroxylation sites is 3. The van der Waals surface area contributed by atoms with Crippen molar-refractivity contribution in [2.24, 2.45) is 0 Å². The number of sulfone groups is 1. The zero-order valence-corrected chi connectivity index (χ0v) is 15.1. The van der Waals surface area contributed by atoms with Gasteiger partial charge in [0, 0.05) is 26.2 Å². The van der Waals surface area contributed by atoms with Crippen LogP contribution in [0.4, 0.5) is 20.2 Å². The molecular weight excluding hydrogens is 362 g/mol. The van der Waals surface area contributed by atoms with Gasteiger partial charge in [-0.2, -0.15) is 8.78 Å². The van der Waals surface area contributed by atoms with E-state index in [9.17, 15) is 17.2 Å². The molecule has 0 aromatic heterocycles. The number of methoxy groups -OCH3 is 1. The largest absolute Gasteiger partial charge is 0.495 e. The second-order valence-corrected chi connectivity index (χ2v) is 7.81. The Balaban J connectivity index is 1.81. The SMILES string of the molecule is COc1ccccc1N1CCN(c2ccccc2S(=O)(=O)C(F)F)CC1. The highest BCUT2D eigenvalue weighted by Crippen LogP contribution is 2.32. The first-order valence-electron chi connectivity index (χ1n) is 8.19. The Labute approximate surface area is 151 Å². The molecular formula is C18H20F2N2O3S. The van der Waals surface area contributed by atoms with Crippen molar-refractivity contribution in [1.29, 1.82) is 0 Å². The minimum atomic E-state index is -4.64. The van der Waals surface area contributed by atoms with Gasteiger partial charge in [-0.3, -0.25) is 0 Å². The van der Waals surface area contributed by atoms with E-state index in [0.717, 1.165) is 11.4 Å². The van der Waals surface area contributed by atoms with Gasteiger partial charge in [0.2, 0.25) is 9.84 Å². The van der Waals surface area contributed by atoms with Crippen molar-refractivity contribution in [2.45, 2.75) is 10.7 Å². The molecule has 1 heterocycles. The van der Waals surface area contributed by atoms with Crippen LogP contribution in [0.15, 0.2) is 53.4 Å². The van der Waals surface area contributed by atoms with Gasteiger partial charge in [-0.25, -0.2) is 8.42 Å². The molecule has 0 unspecified atom stereocenters. The summed E-state index contributed by atoms with van der Waals surface area (Å²) in [6.07, 6.45) is 0. The van der Waals surface area contributed by atoms with Crippen molar-refractivity contribution >= 4 is 21.2 Å². The third-order valence-corrected chi connectivity index (χ3v) is 5.88. The summed E-state index contributed by atoms with van der Waals surface area (Å²) in [5.74, 6) is -2.67. The number of benzene rings is 2. The highest BCUT2D eigenvalue weighted by Gasteiger charge is 2.31. The second-order valence-electron chi connectivity index (χ2n) is 5.92. The lowest BCUT2D eigenvalue weighted by Crippen LogP contribution is -2.47. The lowest BCUT2D eigenvalue weighted by Gasteiger charge is -2.38. The standard InChI is InChI=1S/C18H20F2N2O3S/c1-25-16-8-4-2-6-14(16)21-10-12-22(13-11-21)15-7-3-5-9-17(15)26(23,24)18(19)20/h2-9,18H,10-13H2,1H3. The molecule has 0 aliphatic carbocycles. The molecule has 3 rings (SSSR count). The smallest absolute Gasteiger partial charge is 0.341 e. The van der Waals surface area contributed by atoms with Crippen molar-refractivity contribution in [2.75, 3.05) is 43.1 Å². The normalized spacial score (nSPS) is 15.4. The van der Waals surface area contributed by atoms with E-state index < -0.39 is 15.6 Å². The predicted octanol–water partition coefficient (Wildman–Crippen LogP) is 3.02. The molecule has 5 nitrogen and oxygen atoms in total. The molecule has 0 amide bonds. The Hall–Kier alpha value is -2.35. The first kappa shape index (κ1) is 18.4. The molecule has 0 N–H and O–H groups in total. The van der Waals surface area contributed by atoms with Crippen LogP contribution in [0.3, 0.4) is 0 Å². The highest BCUT2D eigenvalue weighted by atomic mass is 32.2. The number of anilines is 2. The molecule has 1 aliphatic heterocycles. The molecule has 1 fully saturated rings. The Morgan fingerprint density at radius 1 is 0.885 bits per heavy atom. The van der Waals surface area contributed by atoms with E-state index in [4.69, 9.17) is 4.74 Å². The molecule has 2 aromatic rings. The van der Waals surface area contributed by atoms with Gasteiger partial charge in [-0.05, 0) is 24.3 Å². The maximum atomic E-state index is 13.0. The van der Waals surface area contributed by atoms with Gasteiger partial charge >= 0.3 is 5.76 Å². The summed E-state index contributed by atoms with van der Waals surface area (Å²) in [5.41, 5.74) is 1.29. The molecule has 8 heteroatoms. The monoisotopic (exact) mass is 382 g/mol. The van der Waals surface area contributed by atoms with Crippen LogP contribution in [0.5, 0.6) is 5.75 Å². The Morgan fingerprint density at radius 2 is 1.38 bits per heavy atom. The molecule has 1 saturated heterocycles. The van der Waals surface area contributed by atoms with E-state index >= 15 is 0 Å². The molecule has 1 aliphatic rings. The van der Waals surface area contributed by atoms with E-state index in [1.54, 1.807) is 19.2 Å². The molecule has 140 valence electrons. The van der Waals surface area contributed by atoms with Crippen molar-refractivity contribution in [3.63, 3.8) is 0 Å². The fraction of sp³-hybridized carbons (Fsp3) is 0.333. The lowest BCUT2D eigenvalue weighted by molar-refractivity contribution is 0.235. The summed E-state index contributed by atoms with van der Waals surface area (Å²) in [4.78, 5) is 3.65.